The predicted molar refractivity (Wildman–Crippen MR) is 67.5 cm³/mol. The maximum absolute atomic E-state index is 10.8. The van der Waals surface area contributed by atoms with Gasteiger partial charge in [-0.15, -0.1) is 0 Å². The number of nitro groups is 1. The van der Waals surface area contributed by atoms with Gasteiger partial charge in [0.25, 0.3) is 0 Å². The predicted octanol–water partition coefficient (Wildman–Crippen LogP) is 2.01. The van der Waals surface area contributed by atoms with E-state index in [1.165, 1.54) is 12.1 Å². The number of hydrogen-bond donors (Lipinski definition) is 1. The van der Waals surface area contributed by atoms with E-state index in [0.717, 1.165) is 0 Å². The summed E-state index contributed by atoms with van der Waals surface area (Å²) in [5.41, 5.74) is -0.0691. The average Bonchev–Trinajstić information content (AvgIpc) is 2.25. The van der Waals surface area contributed by atoms with Crippen molar-refractivity contribution >= 4 is 23.1 Å². The first-order valence-electron chi connectivity index (χ1n) is 5.13. The molecule has 0 radical (unpaired) electrons. The second-order valence-electron chi connectivity index (χ2n) is 3.95. The Morgan fingerprint density at radius 2 is 2.24 bits per heavy atom. The molecular formula is C10H15ClN4O2. The highest BCUT2D eigenvalue weighted by Crippen LogP contribution is 2.23. The molecular weight excluding hydrogens is 244 g/mol. The SMILES string of the molecule is CC(CNc1nc(Cl)ccc1[N+](=O)[O-])N(C)C. The molecule has 1 aromatic rings. The largest absolute Gasteiger partial charge is 0.363 e. The summed E-state index contributed by atoms with van der Waals surface area (Å²) in [5, 5.41) is 14.0. The van der Waals surface area contributed by atoms with Crippen LogP contribution in [0.15, 0.2) is 12.1 Å². The number of nitrogens with one attached hydrogen (secondary N) is 1. The summed E-state index contributed by atoms with van der Waals surface area (Å²) < 4.78 is 0. The van der Waals surface area contributed by atoms with Crippen LogP contribution in [0.3, 0.4) is 0 Å². The highest BCUT2D eigenvalue weighted by atomic mass is 35.5. The van der Waals surface area contributed by atoms with E-state index >= 15 is 0 Å². The zero-order valence-corrected chi connectivity index (χ0v) is 10.7. The number of rotatable bonds is 5. The molecule has 0 fully saturated rings. The Hall–Kier alpha value is -1.40. The van der Waals surface area contributed by atoms with Gasteiger partial charge in [-0.2, -0.15) is 0 Å². The molecule has 94 valence electrons. The molecule has 1 rings (SSSR count). The van der Waals surface area contributed by atoms with Crippen LogP contribution < -0.4 is 5.32 Å². The van der Waals surface area contributed by atoms with Crippen LogP contribution in [0.4, 0.5) is 11.5 Å². The normalized spacial score (nSPS) is 12.5. The molecule has 0 aromatic carbocycles. The molecule has 1 N–H and O–H groups in total. The van der Waals surface area contributed by atoms with Crippen LogP contribution in [0.1, 0.15) is 6.92 Å². The quantitative estimate of drug-likeness (QED) is 0.497. The van der Waals surface area contributed by atoms with Gasteiger partial charge in [-0.1, -0.05) is 11.6 Å². The average molecular weight is 259 g/mol. The van der Waals surface area contributed by atoms with Crippen molar-refractivity contribution in [2.75, 3.05) is 26.0 Å². The lowest BCUT2D eigenvalue weighted by molar-refractivity contribution is -0.384. The Bertz CT molecular complexity index is 411. The van der Waals surface area contributed by atoms with Gasteiger partial charge in [0, 0.05) is 18.7 Å². The zero-order valence-electron chi connectivity index (χ0n) is 9.98. The molecule has 0 spiro atoms. The fourth-order valence-corrected chi connectivity index (χ4v) is 1.28. The Morgan fingerprint density at radius 1 is 1.59 bits per heavy atom. The van der Waals surface area contributed by atoms with Gasteiger partial charge in [0.15, 0.2) is 0 Å². The van der Waals surface area contributed by atoms with Crippen molar-refractivity contribution in [3.8, 4) is 0 Å². The first kappa shape index (κ1) is 13.7. The molecule has 0 saturated heterocycles. The molecule has 0 saturated carbocycles. The van der Waals surface area contributed by atoms with Crippen LogP contribution in [-0.4, -0.2) is 41.5 Å². The van der Waals surface area contributed by atoms with E-state index in [0.29, 0.717) is 6.54 Å². The second-order valence-corrected chi connectivity index (χ2v) is 4.34. The Labute approximate surface area is 105 Å². The molecule has 7 heteroatoms. The molecule has 1 aromatic heterocycles. The van der Waals surface area contributed by atoms with E-state index in [-0.39, 0.29) is 22.7 Å². The number of likely N-dealkylation sites (N-methyl/N-ethyl adjacent to an activating group) is 1. The first-order valence-corrected chi connectivity index (χ1v) is 5.51. The van der Waals surface area contributed by atoms with Crippen molar-refractivity contribution in [1.29, 1.82) is 0 Å². The maximum atomic E-state index is 10.8. The van der Waals surface area contributed by atoms with Gasteiger partial charge in [-0.25, -0.2) is 4.98 Å². The summed E-state index contributed by atoms with van der Waals surface area (Å²) in [6, 6.07) is 2.98. The van der Waals surface area contributed by atoms with Gasteiger partial charge in [0.05, 0.1) is 4.92 Å². The Kier molecular flexibility index (Phi) is 4.65. The molecule has 0 aliphatic carbocycles. The third kappa shape index (κ3) is 3.83. The van der Waals surface area contributed by atoms with E-state index in [2.05, 4.69) is 10.3 Å². The third-order valence-electron chi connectivity index (χ3n) is 2.48. The van der Waals surface area contributed by atoms with E-state index < -0.39 is 4.92 Å². The van der Waals surface area contributed by atoms with Gasteiger partial charge in [-0.05, 0) is 27.1 Å². The molecule has 0 amide bonds. The summed E-state index contributed by atoms with van der Waals surface area (Å²) in [6.07, 6.45) is 0. The smallest absolute Gasteiger partial charge is 0.311 e. The topological polar surface area (TPSA) is 71.3 Å². The van der Waals surface area contributed by atoms with Crippen molar-refractivity contribution in [2.24, 2.45) is 0 Å². The van der Waals surface area contributed by atoms with Crippen LogP contribution in [-0.2, 0) is 0 Å². The minimum Gasteiger partial charge on any atom is -0.363 e. The Morgan fingerprint density at radius 3 is 2.76 bits per heavy atom. The molecule has 1 atom stereocenters. The van der Waals surface area contributed by atoms with Crippen molar-refractivity contribution in [2.45, 2.75) is 13.0 Å². The standard InChI is InChI=1S/C10H15ClN4O2/c1-7(14(2)3)6-12-10-8(15(16)17)4-5-9(11)13-10/h4-5,7H,6H2,1-3H3,(H,12,13). The van der Waals surface area contributed by atoms with E-state index in [1.807, 2.05) is 25.9 Å². The molecule has 0 bridgehead atoms. The van der Waals surface area contributed by atoms with Crippen molar-refractivity contribution < 1.29 is 4.92 Å². The molecule has 6 nitrogen and oxygen atoms in total. The van der Waals surface area contributed by atoms with Crippen LogP contribution in [0.25, 0.3) is 0 Å². The third-order valence-corrected chi connectivity index (χ3v) is 2.69. The summed E-state index contributed by atoms with van der Waals surface area (Å²) in [4.78, 5) is 16.2. The number of nitrogens with zero attached hydrogens (tertiary/aromatic N) is 3. The molecule has 17 heavy (non-hydrogen) atoms. The van der Waals surface area contributed by atoms with Crippen LogP contribution >= 0.6 is 11.6 Å². The molecule has 1 unspecified atom stereocenters. The maximum Gasteiger partial charge on any atom is 0.311 e. The van der Waals surface area contributed by atoms with Gasteiger partial charge >= 0.3 is 5.69 Å². The minimum atomic E-state index is -0.480. The highest BCUT2D eigenvalue weighted by Gasteiger charge is 2.16. The Balaban J connectivity index is 2.82. The van der Waals surface area contributed by atoms with E-state index in [9.17, 15) is 10.1 Å². The first-order chi connectivity index (χ1) is 7.91. The van der Waals surface area contributed by atoms with Crippen molar-refractivity contribution in [1.82, 2.24) is 9.88 Å². The highest BCUT2D eigenvalue weighted by molar-refractivity contribution is 6.29. The van der Waals surface area contributed by atoms with Crippen molar-refractivity contribution in [3.63, 3.8) is 0 Å². The van der Waals surface area contributed by atoms with E-state index in [4.69, 9.17) is 11.6 Å². The summed E-state index contributed by atoms with van der Waals surface area (Å²) >= 11 is 5.72. The van der Waals surface area contributed by atoms with Gasteiger partial charge in [-0.3, -0.25) is 10.1 Å². The minimum absolute atomic E-state index is 0.0691. The number of halogens is 1. The lowest BCUT2D eigenvalue weighted by atomic mass is 10.3. The number of aromatic nitrogens is 1. The summed E-state index contributed by atoms with van der Waals surface area (Å²) in [7, 11) is 3.87. The van der Waals surface area contributed by atoms with Crippen LogP contribution in [0, 0.1) is 10.1 Å². The molecule has 0 aliphatic heterocycles. The van der Waals surface area contributed by atoms with E-state index in [1.54, 1.807) is 0 Å². The fourth-order valence-electron chi connectivity index (χ4n) is 1.13. The van der Waals surface area contributed by atoms with Crippen molar-refractivity contribution in [3.05, 3.63) is 27.4 Å². The lowest BCUT2D eigenvalue weighted by Crippen LogP contribution is -2.31. The number of pyridine rings is 1. The fraction of sp³-hybridized carbons (Fsp3) is 0.500. The number of anilines is 1. The molecule has 0 aliphatic rings. The van der Waals surface area contributed by atoms with Crippen LogP contribution in [0.2, 0.25) is 5.15 Å². The van der Waals surface area contributed by atoms with Crippen LogP contribution in [0.5, 0.6) is 0 Å². The van der Waals surface area contributed by atoms with Gasteiger partial charge in [0.2, 0.25) is 5.82 Å². The zero-order chi connectivity index (χ0) is 13.0. The monoisotopic (exact) mass is 258 g/mol. The summed E-state index contributed by atoms with van der Waals surface area (Å²) in [5.74, 6) is 0.205. The van der Waals surface area contributed by atoms with Gasteiger partial charge < -0.3 is 10.2 Å². The lowest BCUT2D eigenvalue weighted by Gasteiger charge is -2.20. The second kappa shape index (κ2) is 5.79. The molecule has 1 heterocycles. The number of hydrogen-bond acceptors (Lipinski definition) is 5. The summed E-state index contributed by atoms with van der Waals surface area (Å²) in [6.45, 7) is 2.56. The van der Waals surface area contributed by atoms with Gasteiger partial charge in [0.1, 0.15) is 5.15 Å².